The van der Waals surface area contributed by atoms with E-state index in [4.69, 9.17) is 4.42 Å². The van der Waals surface area contributed by atoms with Crippen molar-refractivity contribution in [3.05, 3.63) is 47.4 Å². The van der Waals surface area contributed by atoms with Gasteiger partial charge in [0.1, 0.15) is 11.5 Å². The molecular weight excluding hydrogens is 229 g/mol. The summed E-state index contributed by atoms with van der Waals surface area (Å²) in [6.07, 6.45) is -4.29. The lowest BCUT2D eigenvalue weighted by Gasteiger charge is -2.07. The third-order valence-electron chi connectivity index (χ3n) is 2.56. The zero-order chi connectivity index (χ0) is 12.6. The van der Waals surface area contributed by atoms with Crippen molar-refractivity contribution in [1.82, 2.24) is 0 Å². The van der Waals surface area contributed by atoms with Gasteiger partial charge in [0.05, 0.1) is 5.56 Å². The van der Waals surface area contributed by atoms with Crippen LogP contribution in [0, 0.1) is 13.8 Å². The molecule has 17 heavy (non-hydrogen) atoms. The molecule has 0 aliphatic rings. The Morgan fingerprint density at radius 2 is 1.59 bits per heavy atom. The molecular formula is C13H11F3O. The second-order valence-electron chi connectivity index (χ2n) is 3.90. The van der Waals surface area contributed by atoms with Crippen LogP contribution in [0.5, 0.6) is 0 Å². The van der Waals surface area contributed by atoms with Crippen LogP contribution in [0.2, 0.25) is 0 Å². The van der Waals surface area contributed by atoms with E-state index in [1.54, 1.807) is 13.8 Å². The Morgan fingerprint density at radius 1 is 1.00 bits per heavy atom. The summed E-state index contributed by atoms with van der Waals surface area (Å²) in [4.78, 5) is 0. The first kappa shape index (κ1) is 11.8. The van der Waals surface area contributed by atoms with Crippen molar-refractivity contribution in [3.63, 3.8) is 0 Å². The maximum absolute atomic E-state index is 12.4. The van der Waals surface area contributed by atoms with E-state index in [9.17, 15) is 13.2 Å². The van der Waals surface area contributed by atoms with E-state index in [1.807, 2.05) is 6.07 Å². The SMILES string of the molecule is Cc1cc(-c2ccc(C(F)(F)F)cc2)c(C)o1. The van der Waals surface area contributed by atoms with Gasteiger partial charge in [0.2, 0.25) is 0 Å². The summed E-state index contributed by atoms with van der Waals surface area (Å²) in [7, 11) is 0. The largest absolute Gasteiger partial charge is 0.466 e. The Hall–Kier alpha value is -1.71. The summed E-state index contributed by atoms with van der Waals surface area (Å²) in [5.74, 6) is 1.46. The van der Waals surface area contributed by atoms with Crippen LogP contribution in [0.15, 0.2) is 34.7 Å². The van der Waals surface area contributed by atoms with Crippen molar-refractivity contribution >= 4 is 0 Å². The van der Waals surface area contributed by atoms with E-state index >= 15 is 0 Å². The highest BCUT2D eigenvalue weighted by Crippen LogP contribution is 2.32. The molecule has 0 aliphatic carbocycles. The van der Waals surface area contributed by atoms with Gasteiger partial charge < -0.3 is 4.42 Å². The van der Waals surface area contributed by atoms with Crippen molar-refractivity contribution in [2.24, 2.45) is 0 Å². The van der Waals surface area contributed by atoms with Crippen LogP contribution >= 0.6 is 0 Å². The van der Waals surface area contributed by atoms with E-state index in [0.717, 1.165) is 29.0 Å². The van der Waals surface area contributed by atoms with Crippen LogP contribution in [-0.2, 0) is 6.18 Å². The molecule has 2 aromatic rings. The minimum atomic E-state index is -4.29. The highest BCUT2D eigenvalue weighted by Gasteiger charge is 2.30. The highest BCUT2D eigenvalue weighted by molar-refractivity contribution is 5.66. The Labute approximate surface area is 96.9 Å². The first-order valence-corrected chi connectivity index (χ1v) is 5.12. The van der Waals surface area contributed by atoms with Gasteiger partial charge >= 0.3 is 6.18 Å². The predicted octanol–water partition coefficient (Wildman–Crippen LogP) is 4.58. The minimum Gasteiger partial charge on any atom is -0.466 e. The number of alkyl halides is 3. The van der Waals surface area contributed by atoms with Crippen LogP contribution in [0.3, 0.4) is 0 Å². The molecule has 90 valence electrons. The number of rotatable bonds is 1. The zero-order valence-electron chi connectivity index (χ0n) is 9.43. The van der Waals surface area contributed by atoms with Gasteiger partial charge in [-0.05, 0) is 37.6 Å². The summed E-state index contributed by atoms with van der Waals surface area (Å²) in [5, 5.41) is 0. The fourth-order valence-electron chi connectivity index (χ4n) is 1.76. The average molecular weight is 240 g/mol. The molecule has 0 spiro atoms. The average Bonchev–Trinajstić information content (AvgIpc) is 2.57. The first-order chi connectivity index (χ1) is 7.88. The standard InChI is InChI=1S/C13H11F3O/c1-8-7-12(9(2)17-8)10-3-5-11(6-4-10)13(14,15)16/h3-7H,1-2H3. The Morgan fingerprint density at radius 3 is 2.00 bits per heavy atom. The number of aryl methyl sites for hydroxylation is 2. The van der Waals surface area contributed by atoms with Crippen LogP contribution in [-0.4, -0.2) is 0 Å². The van der Waals surface area contributed by atoms with Crippen LogP contribution in [0.25, 0.3) is 11.1 Å². The van der Waals surface area contributed by atoms with Crippen LogP contribution < -0.4 is 0 Å². The molecule has 1 aromatic carbocycles. The topological polar surface area (TPSA) is 13.1 Å². The van der Waals surface area contributed by atoms with E-state index in [2.05, 4.69) is 0 Å². The molecule has 0 unspecified atom stereocenters. The number of hydrogen-bond acceptors (Lipinski definition) is 1. The van der Waals surface area contributed by atoms with Crippen molar-refractivity contribution in [2.75, 3.05) is 0 Å². The van der Waals surface area contributed by atoms with Gasteiger partial charge in [0.15, 0.2) is 0 Å². The number of furan rings is 1. The van der Waals surface area contributed by atoms with E-state index in [1.165, 1.54) is 12.1 Å². The fraction of sp³-hybridized carbons (Fsp3) is 0.231. The Kier molecular flexibility index (Phi) is 2.73. The normalized spacial score (nSPS) is 11.8. The summed E-state index contributed by atoms with van der Waals surface area (Å²) in [6, 6.07) is 6.90. The van der Waals surface area contributed by atoms with E-state index in [0.29, 0.717) is 5.76 Å². The van der Waals surface area contributed by atoms with Gasteiger partial charge in [-0.3, -0.25) is 0 Å². The number of halogens is 3. The predicted molar refractivity (Wildman–Crippen MR) is 58.6 cm³/mol. The molecule has 0 saturated heterocycles. The van der Waals surface area contributed by atoms with Crippen LogP contribution in [0.1, 0.15) is 17.1 Å². The third-order valence-corrected chi connectivity index (χ3v) is 2.56. The molecule has 1 nitrogen and oxygen atoms in total. The van der Waals surface area contributed by atoms with Crippen molar-refractivity contribution in [1.29, 1.82) is 0 Å². The molecule has 4 heteroatoms. The van der Waals surface area contributed by atoms with Crippen molar-refractivity contribution in [2.45, 2.75) is 20.0 Å². The monoisotopic (exact) mass is 240 g/mol. The van der Waals surface area contributed by atoms with Gasteiger partial charge in [0, 0.05) is 5.56 Å². The van der Waals surface area contributed by atoms with Gasteiger partial charge in [0.25, 0.3) is 0 Å². The summed E-state index contributed by atoms with van der Waals surface area (Å²) in [6.45, 7) is 3.60. The maximum Gasteiger partial charge on any atom is 0.416 e. The highest BCUT2D eigenvalue weighted by atomic mass is 19.4. The molecule has 0 radical (unpaired) electrons. The summed E-state index contributed by atoms with van der Waals surface area (Å²) in [5.41, 5.74) is 0.919. The van der Waals surface area contributed by atoms with Gasteiger partial charge in [-0.2, -0.15) is 13.2 Å². The van der Waals surface area contributed by atoms with Gasteiger partial charge in [-0.15, -0.1) is 0 Å². The molecule has 0 aliphatic heterocycles. The number of benzene rings is 1. The lowest BCUT2D eigenvalue weighted by atomic mass is 10.0. The fourth-order valence-corrected chi connectivity index (χ4v) is 1.76. The third kappa shape index (κ3) is 2.35. The molecule has 1 heterocycles. The molecule has 0 atom stereocenters. The molecule has 0 bridgehead atoms. The minimum absolute atomic E-state index is 0.640. The molecule has 0 N–H and O–H groups in total. The van der Waals surface area contributed by atoms with Crippen molar-refractivity contribution < 1.29 is 17.6 Å². The Bertz CT molecular complexity index is 521. The lowest BCUT2D eigenvalue weighted by molar-refractivity contribution is -0.137. The maximum atomic E-state index is 12.4. The molecule has 0 fully saturated rings. The van der Waals surface area contributed by atoms with E-state index in [-0.39, 0.29) is 0 Å². The second kappa shape index (κ2) is 3.95. The van der Waals surface area contributed by atoms with Gasteiger partial charge in [-0.1, -0.05) is 12.1 Å². The summed E-state index contributed by atoms with van der Waals surface area (Å²) >= 11 is 0. The number of hydrogen-bond donors (Lipinski definition) is 0. The molecule has 2 rings (SSSR count). The quantitative estimate of drug-likeness (QED) is 0.711. The second-order valence-corrected chi connectivity index (χ2v) is 3.90. The first-order valence-electron chi connectivity index (χ1n) is 5.12. The van der Waals surface area contributed by atoms with Crippen molar-refractivity contribution in [3.8, 4) is 11.1 Å². The molecule has 1 aromatic heterocycles. The van der Waals surface area contributed by atoms with E-state index < -0.39 is 11.7 Å². The molecule has 0 amide bonds. The summed E-state index contributed by atoms with van der Waals surface area (Å²) < 4.78 is 42.5. The lowest BCUT2D eigenvalue weighted by Crippen LogP contribution is -2.03. The zero-order valence-corrected chi connectivity index (χ0v) is 9.43. The smallest absolute Gasteiger partial charge is 0.416 e. The Balaban J connectivity index is 2.39. The van der Waals surface area contributed by atoms with Crippen LogP contribution in [0.4, 0.5) is 13.2 Å². The van der Waals surface area contributed by atoms with Gasteiger partial charge in [-0.25, -0.2) is 0 Å². The molecule has 0 saturated carbocycles.